The van der Waals surface area contributed by atoms with Crippen LogP contribution in [0.3, 0.4) is 0 Å². The van der Waals surface area contributed by atoms with Crippen molar-refractivity contribution in [2.45, 2.75) is 13.3 Å². The third-order valence-electron chi connectivity index (χ3n) is 3.11. The van der Waals surface area contributed by atoms with Gasteiger partial charge in [0.15, 0.2) is 0 Å². The zero-order valence-electron chi connectivity index (χ0n) is 11.4. The van der Waals surface area contributed by atoms with Gasteiger partial charge in [-0.2, -0.15) is 10.2 Å². The first-order valence-electron chi connectivity index (χ1n) is 6.53. The Bertz CT molecular complexity index is 847. The second kappa shape index (κ2) is 5.38. The maximum Gasteiger partial charge on any atom is 0.223 e. The molecular weight excluding hydrogens is 282 g/mol. The van der Waals surface area contributed by atoms with Gasteiger partial charge in [-0.3, -0.25) is 0 Å². The molecule has 3 N–H and O–H groups in total. The highest BCUT2D eigenvalue weighted by Crippen LogP contribution is 2.32. The normalized spacial score (nSPS) is 10.5. The molecule has 2 heterocycles. The van der Waals surface area contributed by atoms with Crippen molar-refractivity contribution in [1.82, 2.24) is 9.97 Å². The van der Waals surface area contributed by atoms with Crippen LogP contribution >= 0.6 is 11.3 Å². The minimum Gasteiger partial charge on any atom is -0.368 e. The third kappa shape index (κ3) is 2.51. The summed E-state index contributed by atoms with van der Waals surface area (Å²) < 4.78 is 0. The summed E-state index contributed by atoms with van der Waals surface area (Å²) in [5, 5.41) is 13.3. The lowest BCUT2D eigenvalue weighted by molar-refractivity contribution is 1.19. The van der Waals surface area contributed by atoms with E-state index in [1.54, 1.807) is 17.4 Å². The molecule has 0 radical (unpaired) electrons. The number of hydrogen-bond donors (Lipinski definition) is 2. The predicted molar refractivity (Wildman–Crippen MR) is 85.6 cm³/mol. The Morgan fingerprint density at radius 3 is 2.90 bits per heavy atom. The van der Waals surface area contributed by atoms with Crippen molar-refractivity contribution in [2.75, 3.05) is 11.1 Å². The Hall–Kier alpha value is -2.65. The summed E-state index contributed by atoms with van der Waals surface area (Å²) in [6, 6.07) is 11.5. The van der Waals surface area contributed by atoms with Gasteiger partial charge < -0.3 is 11.1 Å². The van der Waals surface area contributed by atoms with Crippen LogP contribution in [0.25, 0.3) is 10.2 Å². The van der Waals surface area contributed by atoms with Crippen LogP contribution in [0.2, 0.25) is 0 Å². The van der Waals surface area contributed by atoms with E-state index in [0.29, 0.717) is 17.1 Å². The van der Waals surface area contributed by atoms with Gasteiger partial charge in [-0.05, 0) is 24.6 Å². The molecule has 3 aromatic rings. The van der Waals surface area contributed by atoms with Crippen LogP contribution in [0.4, 0.5) is 17.5 Å². The zero-order chi connectivity index (χ0) is 14.8. The minimum atomic E-state index is 0.226. The van der Waals surface area contributed by atoms with Crippen molar-refractivity contribution in [3.8, 4) is 6.07 Å². The molecule has 0 bridgehead atoms. The van der Waals surface area contributed by atoms with E-state index in [4.69, 9.17) is 11.0 Å². The van der Waals surface area contributed by atoms with Crippen molar-refractivity contribution >= 4 is 39.0 Å². The van der Waals surface area contributed by atoms with Crippen molar-refractivity contribution in [3.05, 3.63) is 40.8 Å². The number of rotatable bonds is 3. The van der Waals surface area contributed by atoms with E-state index in [9.17, 15) is 0 Å². The number of benzene rings is 1. The first-order chi connectivity index (χ1) is 10.2. The molecule has 1 aromatic carbocycles. The summed E-state index contributed by atoms with van der Waals surface area (Å²) in [4.78, 5) is 10.6. The van der Waals surface area contributed by atoms with Gasteiger partial charge in [0.05, 0.1) is 16.6 Å². The molecule has 0 unspecified atom stereocenters. The van der Waals surface area contributed by atoms with Gasteiger partial charge in [0.2, 0.25) is 5.95 Å². The highest BCUT2D eigenvalue weighted by Gasteiger charge is 2.11. The third-order valence-corrected chi connectivity index (χ3v) is 4.28. The van der Waals surface area contributed by atoms with E-state index >= 15 is 0 Å². The number of nitrogens with two attached hydrogens (primary N) is 1. The minimum absolute atomic E-state index is 0.226. The molecule has 0 aliphatic rings. The molecule has 2 aromatic heterocycles. The highest BCUT2D eigenvalue weighted by atomic mass is 32.1. The summed E-state index contributed by atoms with van der Waals surface area (Å²) in [6.45, 7) is 2.10. The molecule has 6 heteroatoms. The summed E-state index contributed by atoms with van der Waals surface area (Å²) >= 11 is 1.61. The van der Waals surface area contributed by atoms with Gasteiger partial charge in [0, 0.05) is 4.88 Å². The molecule has 104 valence electrons. The van der Waals surface area contributed by atoms with Crippen molar-refractivity contribution < 1.29 is 0 Å². The van der Waals surface area contributed by atoms with E-state index in [1.807, 2.05) is 18.2 Å². The molecule has 21 heavy (non-hydrogen) atoms. The van der Waals surface area contributed by atoms with Crippen LogP contribution in [0.5, 0.6) is 0 Å². The summed E-state index contributed by atoms with van der Waals surface area (Å²) in [6.07, 6.45) is 0.940. The topological polar surface area (TPSA) is 87.6 Å². The molecule has 0 amide bonds. The number of nitrogen functional groups attached to an aromatic ring is 1. The van der Waals surface area contributed by atoms with Crippen molar-refractivity contribution in [3.63, 3.8) is 0 Å². The number of anilines is 3. The number of nitrogens with zero attached hydrogens (tertiary/aromatic N) is 3. The number of fused-ring (bicyclic) bond motifs is 1. The van der Waals surface area contributed by atoms with Gasteiger partial charge in [0.25, 0.3) is 0 Å². The van der Waals surface area contributed by atoms with Crippen LogP contribution in [0.15, 0.2) is 30.3 Å². The lowest BCUT2D eigenvalue weighted by Gasteiger charge is -2.08. The lowest BCUT2D eigenvalue weighted by atomic mass is 10.2. The van der Waals surface area contributed by atoms with Gasteiger partial charge in [-0.1, -0.05) is 19.1 Å². The molecule has 0 spiro atoms. The maximum atomic E-state index is 9.16. The molecule has 0 aliphatic heterocycles. The molecule has 5 nitrogen and oxygen atoms in total. The predicted octanol–water partition coefficient (Wildman–Crippen LogP) is 3.45. The van der Waals surface area contributed by atoms with Gasteiger partial charge in [-0.15, -0.1) is 11.3 Å². The second-order valence-electron chi connectivity index (χ2n) is 4.50. The standard InChI is InChI=1S/C15H13N5S/c1-2-10-7-11-13(19-15(17)20-14(11)21-10)18-12-6-4-3-5-9(12)8-16/h3-7H,2H2,1H3,(H3,17,18,19,20). The van der Waals surface area contributed by atoms with Gasteiger partial charge >= 0.3 is 0 Å². The molecule has 0 saturated carbocycles. The molecule has 3 rings (SSSR count). The number of aromatic nitrogens is 2. The lowest BCUT2D eigenvalue weighted by Crippen LogP contribution is -2.01. The van der Waals surface area contributed by atoms with Crippen LogP contribution in [-0.2, 0) is 6.42 Å². The Labute approximate surface area is 126 Å². The Morgan fingerprint density at radius 2 is 2.14 bits per heavy atom. The van der Waals surface area contributed by atoms with Gasteiger partial charge in [-0.25, -0.2) is 4.98 Å². The average molecular weight is 295 g/mol. The second-order valence-corrected chi connectivity index (χ2v) is 5.61. The van der Waals surface area contributed by atoms with Crippen LogP contribution < -0.4 is 11.1 Å². The summed E-state index contributed by atoms with van der Waals surface area (Å²) in [7, 11) is 0. The summed E-state index contributed by atoms with van der Waals surface area (Å²) in [5.74, 6) is 0.861. The van der Waals surface area contributed by atoms with Crippen LogP contribution in [0.1, 0.15) is 17.4 Å². The number of aryl methyl sites for hydroxylation is 1. The SMILES string of the molecule is CCc1cc2c(Nc3ccccc3C#N)nc(N)nc2s1. The number of nitriles is 1. The fraction of sp³-hybridized carbons (Fsp3) is 0.133. The highest BCUT2D eigenvalue weighted by molar-refractivity contribution is 7.18. The van der Waals surface area contributed by atoms with E-state index in [0.717, 1.165) is 16.6 Å². The molecule has 0 aliphatic carbocycles. The van der Waals surface area contributed by atoms with E-state index < -0.39 is 0 Å². The summed E-state index contributed by atoms with van der Waals surface area (Å²) in [5.41, 5.74) is 7.05. The number of hydrogen-bond acceptors (Lipinski definition) is 6. The Kier molecular flexibility index (Phi) is 3.42. The monoisotopic (exact) mass is 295 g/mol. The largest absolute Gasteiger partial charge is 0.368 e. The molecule has 0 saturated heterocycles. The van der Waals surface area contributed by atoms with Gasteiger partial charge in [0.1, 0.15) is 16.7 Å². The Balaban J connectivity index is 2.12. The molecule has 0 fully saturated rings. The number of para-hydroxylation sites is 1. The van der Waals surface area contributed by atoms with E-state index in [1.165, 1.54) is 4.88 Å². The molecular formula is C15H13N5S. The maximum absolute atomic E-state index is 9.16. The Morgan fingerprint density at radius 1 is 1.33 bits per heavy atom. The van der Waals surface area contributed by atoms with E-state index in [2.05, 4.69) is 34.3 Å². The quantitative estimate of drug-likeness (QED) is 0.772. The zero-order valence-corrected chi connectivity index (χ0v) is 12.2. The van der Waals surface area contributed by atoms with Crippen LogP contribution in [0, 0.1) is 11.3 Å². The van der Waals surface area contributed by atoms with Crippen LogP contribution in [-0.4, -0.2) is 9.97 Å². The molecule has 0 atom stereocenters. The number of nitrogens with one attached hydrogen (secondary N) is 1. The fourth-order valence-electron chi connectivity index (χ4n) is 2.07. The first kappa shape index (κ1) is 13.3. The average Bonchev–Trinajstić information content (AvgIpc) is 2.91. The number of thiophene rings is 1. The van der Waals surface area contributed by atoms with Crippen molar-refractivity contribution in [2.24, 2.45) is 0 Å². The van der Waals surface area contributed by atoms with Crippen molar-refractivity contribution in [1.29, 1.82) is 5.26 Å². The smallest absolute Gasteiger partial charge is 0.223 e. The first-order valence-corrected chi connectivity index (χ1v) is 7.35. The van der Waals surface area contributed by atoms with E-state index in [-0.39, 0.29) is 5.95 Å². The fourth-order valence-corrected chi connectivity index (χ4v) is 3.05.